The predicted octanol–water partition coefficient (Wildman–Crippen LogP) is 5.73. The van der Waals surface area contributed by atoms with Crippen LogP contribution in [0.15, 0.2) is 115 Å². The minimum atomic E-state index is -4.80. The minimum Gasteiger partial charge on any atom is -0.403 e. The molecule has 6 heteroatoms. The summed E-state index contributed by atoms with van der Waals surface area (Å²) in [6.45, 7) is 0. The maximum atomic E-state index is 13.8. The lowest BCUT2D eigenvalue weighted by Gasteiger charge is -2.38. The number of aldehydes is 1. The Kier molecular flexibility index (Phi) is 5.43. The standard InChI is InChI=1S/C33H23O5P/c34-21-33-29(23-13-5-2-6-14-23)20-25-16-8-10-18-27(25)31(33)30-26-17-9-7-15-24(26)19-28(22-11-3-1-4-12-22)32(30)37-39(35,36)38-33/h1-21,29H,(H,35,36)/t29?,33-/m1/s1. The largest absolute Gasteiger partial charge is 0.528 e. The molecule has 1 aliphatic heterocycles. The molecule has 3 atom stereocenters. The van der Waals surface area contributed by atoms with Crippen molar-refractivity contribution in [2.45, 2.75) is 11.5 Å². The molecule has 0 saturated heterocycles. The molecule has 0 aromatic heterocycles. The molecule has 0 bridgehead atoms. The highest BCUT2D eigenvalue weighted by Gasteiger charge is 2.54. The van der Waals surface area contributed by atoms with Gasteiger partial charge in [0.2, 0.25) is 0 Å². The molecule has 190 valence electrons. The van der Waals surface area contributed by atoms with Crippen LogP contribution in [-0.4, -0.2) is 16.8 Å². The van der Waals surface area contributed by atoms with Gasteiger partial charge in [-0.15, -0.1) is 0 Å². The first-order valence-corrected chi connectivity index (χ1v) is 14.2. The zero-order valence-electron chi connectivity index (χ0n) is 20.7. The van der Waals surface area contributed by atoms with Crippen molar-refractivity contribution in [2.75, 3.05) is 0 Å². The van der Waals surface area contributed by atoms with E-state index >= 15 is 0 Å². The summed E-state index contributed by atoms with van der Waals surface area (Å²) >= 11 is 0. The Morgan fingerprint density at radius 1 is 0.821 bits per heavy atom. The van der Waals surface area contributed by atoms with Crippen molar-refractivity contribution in [1.29, 1.82) is 0 Å². The van der Waals surface area contributed by atoms with Gasteiger partial charge >= 0.3 is 7.82 Å². The summed E-state index contributed by atoms with van der Waals surface area (Å²) in [4.78, 5) is 24.6. The number of rotatable bonds is 3. The molecule has 2 unspecified atom stereocenters. The van der Waals surface area contributed by atoms with Crippen molar-refractivity contribution < 1.29 is 23.3 Å². The number of carbonyl (C=O) groups excluding carboxylic acids is 1. The second kappa shape index (κ2) is 8.89. The predicted molar refractivity (Wildman–Crippen MR) is 152 cm³/mol. The van der Waals surface area contributed by atoms with Crippen molar-refractivity contribution >= 4 is 36.5 Å². The Balaban J connectivity index is 1.72. The molecule has 0 amide bonds. The molecule has 0 saturated carbocycles. The average Bonchev–Trinajstić information content (AvgIpc) is 3.08. The Morgan fingerprint density at radius 3 is 2.26 bits per heavy atom. The van der Waals surface area contributed by atoms with E-state index in [0.29, 0.717) is 23.0 Å². The molecule has 39 heavy (non-hydrogen) atoms. The Bertz CT molecular complexity index is 1930. The van der Waals surface area contributed by atoms with Crippen LogP contribution in [0.25, 0.3) is 33.5 Å². The molecule has 0 fully saturated rings. The van der Waals surface area contributed by atoms with Crippen LogP contribution in [0.1, 0.15) is 17.0 Å². The lowest BCUT2D eigenvalue weighted by atomic mass is 9.70. The first kappa shape index (κ1) is 23.8. The normalized spacial score (nSPS) is 23.4. The van der Waals surface area contributed by atoms with E-state index in [0.717, 1.165) is 32.3 Å². The van der Waals surface area contributed by atoms with Gasteiger partial charge in [0.25, 0.3) is 0 Å². The highest BCUT2D eigenvalue weighted by molar-refractivity contribution is 7.48. The van der Waals surface area contributed by atoms with E-state index in [4.69, 9.17) is 9.05 Å². The molecule has 1 heterocycles. The zero-order valence-corrected chi connectivity index (χ0v) is 21.6. The number of fused-ring (bicyclic) bond motifs is 6. The molecular weight excluding hydrogens is 507 g/mol. The first-order chi connectivity index (χ1) is 19.0. The lowest BCUT2D eigenvalue weighted by Crippen LogP contribution is -2.50. The molecule has 5 nitrogen and oxygen atoms in total. The highest BCUT2D eigenvalue weighted by Crippen LogP contribution is 2.61. The number of phosphoric ester groups is 1. The van der Waals surface area contributed by atoms with Crippen molar-refractivity contribution in [3.63, 3.8) is 0 Å². The van der Waals surface area contributed by atoms with Crippen molar-refractivity contribution in [2.24, 2.45) is 0 Å². The number of hydrogen-bond acceptors (Lipinski definition) is 4. The van der Waals surface area contributed by atoms with Gasteiger partial charge in [-0.25, -0.2) is 4.57 Å². The lowest BCUT2D eigenvalue weighted by molar-refractivity contribution is -0.118. The second-order valence-electron chi connectivity index (χ2n) is 9.79. The second-order valence-corrected chi connectivity index (χ2v) is 11.1. The van der Waals surface area contributed by atoms with E-state index < -0.39 is 19.3 Å². The summed E-state index contributed by atoms with van der Waals surface area (Å²) in [5.41, 5.74) is 1.49. The van der Waals surface area contributed by atoms with Crippen LogP contribution in [0.2, 0.25) is 0 Å². The third-order valence-electron chi connectivity index (χ3n) is 7.57. The van der Waals surface area contributed by atoms with Gasteiger partial charge < -0.3 is 4.52 Å². The summed E-state index contributed by atoms with van der Waals surface area (Å²) in [5, 5.41) is 3.35. The summed E-state index contributed by atoms with van der Waals surface area (Å²) in [7, 11) is -4.80. The highest BCUT2D eigenvalue weighted by atomic mass is 31.2. The molecule has 0 spiro atoms. The fourth-order valence-corrected chi connectivity index (χ4v) is 7.05. The maximum absolute atomic E-state index is 13.8. The Hall–Kier alpha value is -4.28. The van der Waals surface area contributed by atoms with Crippen LogP contribution < -0.4 is 15.0 Å². The van der Waals surface area contributed by atoms with Crippen LogP contribution >= 0.6 is 7.82 Å². The Labute approximate surface area is 224 Å². The molecule has 2 aliphatic rings. The van der Waals surface area contributed by atoms with Crippen LogP contribution in [-0.2, 0) is 13.9 Å². The topological polar surface area (TPSA) is 72.8 Å². The zero-order chi connectivity index (χ0) is 26.6. The van der Waals surface area contributed by atoms with Crippen LogP contribution in [0, 0.1) is 0 Å². The molecule has 7 rings (SSSR count). The summed E-state index contributed by atoms with van der Waals surface area (Å²) in [6, 6.07) is 36.5. The first-order valence-electron chi connectivity index (χ1n) is 12.7. The molecule has 1 N–H and O–H groups in total. The number of benzene rings is 5. The van der Waals surface area contributed by atoms with E-state index in [1.807, 2.05) is 121 Å². The van der Waals surface area contributed by atoms with Crippen LogP contribution in [0.3, 0.4) is 0 Å². The molecule has 0 radical (unpaired) electrons. The number of hydrogen-bond donors (Lipinski definition) is 1. The third kappa shape index (κ3) is 3.70. The van der Waals surface area contributed by atoms with Gasteiger partial charge in [0.15, 0.2) is 11.9 Å². The number of carbonyl (C=O) groups is 1. The van der Waals surface area contributed by atoms with Gasteiger partial charge in [-0.3, -0.25) is 14.2 Å². The van der Waals surface area contributed by atoms with E-state index in [-0.39, 0.29) is 5.75 Å². The Morgan fingerprint density at radius 2 is 1.49 bits per heavy atom. The quantitative estimate of drug-likeness (QED) is 0.238. The van der Waals surface area contributed by atoms with Crippen molar-refractivity contribution in [3.05, 3.63) is 137 Å². The van der Waals surface area contributed by atoms with Gasteiger partial charge in [0, 0.05) is 22.6 Å². The van der Waals surface area contributed by atoms with E-state index in [1.54, 1.807) is 0 Å². The fourth-order valence-electron chi connectivity index (χ4n) is 5.96. The monoisotopic (exact) mass is 530 g/mol. The third-order valence-corrected chi connectivity index (χ3v) is 8.52. The van der Waals surface area contributed by atoms with Gasteiger partial charge in [-0.2, -0.15) is 0 Å². The van der Waals surface area contributed by atoms with Gasteiger partial charge in [-0.05, 0) is 38.4 Å². The summed E-state index contributed by atoms with van der Waals surface area (Å²) < 4.78 is 25.8. The van der Waals surface area contributed by atoms with Gasteiger partial charge in [0.1, 0.15) is 5.75 Å². The smallest absolute Gasteiger partial charge is 0.403 e. The molecule has 5 aromatic rings. The molecule has 5 aromatic carbocycles. The SMILES string of the molecule is O=C[C@]12OP(=O)(O)Oc3c(-c4ccccc4)cc4ccccc4c3C1=c1ccccc1=CC2c1ccccc1. The van der Waals surface area contributed by atoms with Crippen molar-refractivity contribution in [1.82, 2.24) is 0 Å². The molecule has 1 aliphatic carbocycles. The number of phosphoric acid groups is 1. The van der Waals surface area contributed by atoms with Crippen LogP contribution in [0.4, 0.5) is 0 Å². The van der Waals surface area contributed by atoms with E-state index in [2.05, 4.69) is 0 Å². The average molecular weight is 531 g/mol. The van der Waals surface area contributed by atoms with Gasteiger partial charge in [0.05, 0.1) is 0 Å². The summed E-state index contributed by atoms with van der Waals surface area (Å²) in [6.07, 6.45) is 2.61. The summed E-state index contributed by atoms with van der Waals surface area (Å²) in [5.74, 6) is -0.469. The maximum Gasteiger partial charge on any atom is 0.528 e. The van der Waals surface area contributed by atoms with E-state index in [9.17, 15) is 14.3 Å². The van der Waals surface area contributed by atoms with Crippen LogP contribution in [0.5, 0.6) is 5.75 Å². The minimum absolute atomic E-state index is 0.216. The fraction of sp³-hybridized carbons (Fsp3) is 0.0606. The van der Waals surface area contributed by atoms with Gasteiger partial charge in [-0.1, -0.05) is 115 Å². The van der Waals surface area contributed by atoms with E-state index in [1.165, 1.54) is 0 Å². The van der Waals surface area contributed by atoms with Crippen molar-refractivity contribution in [3.8, 4) is 16.9 Å². The molecular formula is C33H23O5P.